The fourth-order valence-electron chi connectivity index (χ4n) is 3.19. The Morgan fingerprint density at radius 2 is 1.79 bits per heavy atom. The van der Waals surface area contributed by atoms with Gasteiger partial charge in [-0.2, -0.15) is 0 Å². The van der Waals surface area contributed by atoms with Crippen molar-refractivity contribution in [1.29, 1.82) is 0 Å². The van der Waals surface area contributed by atoms with Gasteiger partial charge in [-0.05, 0) is 41.8 Å². The quantitative estimate of drug-likeness (QED) is 0.721. The van der Waals surface area contributed by atoms with Crippen LogP contribution in [-0.4, -0.2) is 34.1 Å². The highest BCUT2D eigenvalue weighted by Gasteiger charge is 2.23. The van der Waals surface area contributed by atoms with Gasteiger partial charge in [0.2, 0.25) is 10.0 Å². The molecule has 0 spiro atoms. The van der Waals surface area contributed by atoms with Crippen LogP contribution in [0.5, 0.6) is 11.5 Å². The van der Waals surface area contributed by atoms with E-state index in [0.29, 0.717) is 24.7 Å². The zero-order valence-corrected chi connectivity index (χ0v) is 17.6. The third-order valence-corrected chi connectivity index (χ3v) is 6.16. The number of nitrogens with one attached hydrogen (secondary N) is 2. The lowest BCUT2D eigenvalue weighted by molar-refractivity contribution is 0.0925. The second-order valence-corrected chi connectivity index (χ2v) is 8.89. The van der Waals surface area contributed by atoms with Crippen LogP contribution in [0.3, 0.4) is 0 Å². The van der Waals surface area contributed by atoms with Gasteiger partial charge < -0.3 is 14.8 Å². The summed E-state index contributed by atoms with van der Waals surface area (Å²) < 4.78 is 38.1. The monoisotopic (exact) mass is 418 g/mol. The Morgan fingerprint density at radius 3 is 2.48 bits per heavy atom. The molecule has 2 aromatic rings. The molecule has 1 heterocycles. The van der Waals surface area contributed by atoms with E-state index in [1.54, 1.807) is 19.1 Å². The number of carbonyl (C=O) groups is 1. The van der Waals surface area contributed by atoms with E-state index in [-0.39, 0.29) is 34.9 Å². The highest BCUT2D eigenvalue weighted by atomic mass is 32.2. The van der Waals surface area contributed by atoms with Gasteiger partial charge in [0.25, 0.3) is 5.91 Å². The number of hydrogen-bond donors (Lipinski definition) is 2. The van der Waals surface area contributed by atoms with E-state index >= 15 is 0 Å². The third-order valence-electron chi connectivity index (χ3n) is 4.62. The second kappa shape index (κ2) is 8.84. The van der Waals surface area contributed by atoms with E-state index < -0.39 is 10.0 Å². The van der Waals surface area contributed by atoms with Gasteiger partial charge in [0.05, 0.1) is 10.9 Å². The van der Waals surface area contributed by atoms with Crippen molar-refractivity contribution in [3.8, 4) is 11.5 Å². The highest BCUT2D eigenvalue weighted by molar-refractivity contribution is 7.89. The average Bonchev–Trinajstić information content (AvgIpc) is 2.71. The highest BCUT2D eigenvalue weighted by Crippen LogP contribution is 2.34. The molecule has 0 saturated heterocycles. The van der Waals surface area contributed by atoms with Crippen LogP contribution in [-0.2, 0) is 10.0 Å². The van der Waals surface area contributed by atoms with Crippen molar-refractivity contribution in [2.24, 2.45) is 5.92 Å². The molecule has 8 heteroatoms. The van der Waals surface area contributed by atoms with E-state index in [1.165, 1.54) is 12.1 Å². The van der Waals surface area contributed by atoms with Crippen molar-refractivity contribution < 1.29 is 22.7 Å². The Kier molecular flexibility index (Phi) is 6.44. The van der Waals surface area contributed by atoms with E-state index in [2.05, 4.69) is 10.0 Å². The lowest BCUT2D eigenvalue weighted by Crippen LogP contribution is -2.32. The smallest absolute Gasteiger partial charge is 0.251 e. The minimum atomic E-state index is -3.63. The van der Waals surface area contributed by atoms with Crippen LogP contribution in [0.2, 0.25) is 0 Å². The summed E-state index contributed by atoms with van der Waals surface area (Å²) in [5.41, 5.74) is 1.18. The molecule has 0 aromatic heterocycles. The van der Waals surface area contributed by atoms with Crippen LogP contribution in [0.15, 0.2) is 47.4 Å². The predicted molar refractivity (Wildman–Crippen MR) is 110 cm³/mol. The maximum atomic E-state index is 12.9. The molecule has 0 saturated carbocycles. The van der Waals surface area contributed by atoms with E-state index in [1.807, 2.05) is 32.0 Å². The van der Waals surface area contributed by atoms with Gasteiger partial charge in [-0.15, -0.1) is 0 Å². The molecule has 2 aromatic carbocycles. The van der Waals surface area contributed by atoms with Gasteiger partial charge in [-0.25, -0.2) is 13.1 Å². The average molecular weight is 419 g/mol. The Balaban J connectivity index is 1.84. The van der Waals surface area contributed by atoms with Crippen molar-refractivity contribution in [1.82, 2.24) is 10.0 Å². The van der Waals surface area contributed by atoms with Gasteiger partial charge in [-0.1, -0.05) is 32.9 Å². The van der Waals surface area contributed by atoms with Crippen LogP contribution < -0.4 is 19.5 Å². The number of ether oxygens (including phenoxy) is 2. The first kappa shape index (κ1) is 21.1. The second-order valence-electron chi connectivity index (χ2n) is 7.13. The molecule has 0 radical (unpaired) electrons. The molecule has 1 unspecified atom stereocenters. The molecule has 1 aliphatic heterocycles. The lowest BCUT2D eigenvalue weighted by Gasteiger charge is -2.25. The largest absolute Gasteiger partial charge is 0.486 e. The van der Waals surface area contributed by atoms with Crippen molar-refractivity contribution in [3.05, 3.63) is 53.6 Å². The number of rotatable bonds is 7. The summed E-state index contributed by atoms with van der Waals surface area (Å²) in [6.45, 7) is 7.00. The molecule has 1 atom stereocenters. The van der Waals surface area contributed by atoms with Crippen molar-refractivity contribution in [2.45, 2.75) is 31.7 Å². The number of carbonyl (C=O) groups excluding carboxylic acids is 1. The topological polar surface area (TPSA) is 93.7 Å². The van der Waals surface area contributed by atoms with Gasteiger partial charge >= 0.3 is 0 Å². The van der Waals surface area contributed by atoms with Crippen molar-refractivity contribution >= 4 is 15.9 Å². The van der Waals surface area contributed by atoms with Crippen LogP contribution in [0, 0.1) is 5.92 Å². The number of benzene rings is 2. The van der Waals surface area contributed by atoms with Crippen LogP contribution in [0.4, 0.5) is 0 Å². The van der Waals surface area contributed by atoms with Gasteiger partial charge in [0.1, 0.15) is 13.2 Å². The minimum Gasteiger partial charge on any atom is -0.486 e. The zero-order valence-electron chi connectivity index (χ0n) is 16.8. The summed E-state index contributed by atoms with van der Waals surface area (Å²) in [5, 5.41) is 3.02. The van der Waals surface area contributed by atoms with Crippen LogP contribution in [0.1, 0.15) is 42.7 Å². The number of amides is 1. The summed E-state index contributed by atoms with van der Waals surface area (Å²) in [5.74, 6) is 1.12. The Morgan fingerprint density at radius 1 is 1.07 bits per heavy atom. The number of hydrogen-bond acceptors (Lipinski definition) is 5. The summed E-state index contributed by atoms with van der Waals surface area (Å²) in [6, 6.07) is 11.4. The standard InChI is InChI=1S/C21H26N2O5S/c1-4-22-29(25,26)17-7-5-6-16(12-17)21(24)23-20(14(2)3)15-8-9-18-19(13-15)28-11-10-27-18/h5-9,12-14,20,22H,4,10-11H2,1-3H3,(H,23,24). The first-order valence-electron chi connectivity index (χ1n) is 9.62. The van der Waals surface area contributed by atoms with Crippen LogP contribution >= 0.6 is 0 Å². The maximum absolute atomic E-state index is 12.9. The molecular weight excluding hydrogens is 392 g/mol. The number of fused-ring (bicyclic) bond motifs is 1. The van der Waals surface area contributed by atoms with Crippen LogP contribution in [0.25, 0.3) is 0 Å². The molecule has 0 bridgehead atoms. The van der Waals surface area contributed by atoms with E-state index in [9.17, 15) is 13.2 Å². The predicted octanol–water partition coefficient (Wildman–Crippen LogP) is 2.88. The van der Waals surface area contributed by atoms with E-state index in [4.69, 9.17) is 9.47 Å². The van der Waals surface area contributed by atoms with Gasteiger partial charge in [0, 0.05) is 12.1 Å². The zero-order chi connectivity index (χ0) is 21.0. The molecule has 29 heavy (non-hydrogen) atoms. The first-order valence-corrected chi connectivity index (χ1v) is 11.1. The molecule has 0 aliphatic carbocycles. The van der Waals surface area contributed by atoms with Gasteiger partial charge in [-0.3, -0.25) is 4.79 Å². The molecule has 1 amide bonds. The summed E-state index contributed by atoms with van der Waals surface area (Å²) in [7, 11) is -3.63. The summed E-state index contributed by atoms with van der Waals surface area (Å²) in [4.78, 5) is 12.9. The number of sulfonamides is 1. The summed E-state index contributed by atoms with van der Waals surface area (Å²) >= 11 is 0. The first-order chi connectivity index (χ1) is 13.8. The molecule has 156 valence electrons. The molecular formula is C21H26N2O5S. The molecule has 2 N–H and O–H groups in total. The van der Waals surface area contributed by atoms with E-state index in [0.717, 1.165) is 5.56 Å². The van der Waals surface area contributed by atoms with Crippen molar-refractivity contribution in [2.75, 3.05) is 19.8 Å². The molecule has 7 nitrogen and oxygen atoms in total. The lowest BCUT2D eigenvalue weighted by atomic mass is 9.95. The minimum absolute atomic E-state index is 0.0624. The fraction of sp³-hybridized carbons (Fsp3) is 0.381. The van der Waals surface area contributed by atoms with Gasteiger partial charge in [0.15, 0.2) is 11.5 Å². The normalized spacial score (nSPS) is 14.5. The SMILES string of the molecule is CCNS(=O)(=O)c1cccc(C(=O)NC(c2ccc3c(c2)OCCO3)C(C)C)c1. The molecule has 3 rings (SSSR count). The maximum Gasteiger partial charge on any atom is 0.251 e. The Hall–Kier alpha value is -2.58. The Labute approximate surface area is 171 Å². The van der Waals surface area contributed by atoms with Crippen molar-refractivity contribution in [3.63, 3.8) is 0 Å². The summed E-state index contributed by atoms with van der Waals surface area (Å²) in [6.07, 6.45) is 0. The fourth-order valence-corrected chi connectivity index (χ4v) is 4.28. The molecule has 1 aliphatic rings. The molecule has 0 fully saturated rings. The third kappa shape index (κ3) is 4.89. The Bertz CT molecular complexity index is 988.